The maximum absolute atomic E-state index is 12.8. The van der Waals surface area contributed by atoms with Gasteiger partial charge in [0.25, 0.3) is 11.6 Å². The smallest absolute Gasteiger partial charge is 0.338 e. The van der Waals surface area contributed by atoms with Crippen molar-refractivity contribution >= 4 is 57.0 Å². The van der Waals surface area contributed by atoms with Crippen LogP contribution in [0.1, 0.15) is 36.6 Å². The molecule has 1 heterocycles. The van der Waals surface area contributed by atoms with Crippen molar-refractivity contribution in [1.29, 1.82) is 0 Å². The number of amides is 1. The number of carbonyl (C=O) groups is 2. The standard InChI is InChI=1S/C31H30BrN5O8S/c1-4-43-30(39)27-18(2)34-31(46)35-28(27)22-7-5-6-8-24(22)44-17-26(38)36-33-15-20-13-23(32)29(25(14-20)42-3)45-16-19-9-11-21(12-10-19)37(40)41/h5-15,28H,4,16-17H2,1-3H3,(H,36,38)(H2,34,35,46)/t28-/m1/s1. The maximum atomic E-state index is 12.8. The van der Waals surface area contributed by atoms with Crippen LogP contribution in [-0.2, 0) is 20.9 Å². The number of hydrogen-bond acceptors (Lipinski definition) is 10. The molecule has 0 saturated carbocycles. The lowest BCUT2D eigenvalue weighted by atomic mass is 9.95. The number of methoxy groups -OCH3 is 1. The minimum absolute atomic E-state index is 0.00798. The molecule has 4 rings (SSSR count). The first-order valence-corrected chi connectivity index (χ1v) is 15.0. The van der Waals surface area contributed by atoms with E-state index in [-0.39, 0.29) is 25.5 Å². The number of nitro benzene ring substituents is 1. The van der Waals surface area contributed by atoms with Crippen LogP contribution >= 0.6 is 28.1 Å². The second-order valence-electron chi connectivity index (χ2n) is 9.66. The van der Waals surface area contributed by atoms with Crippen molar-refractivity contribution in [3.8, 4) is 17.2 Å². The molecule has 0 fully saturated rings. The zero-order chi connectivity index (χ0) is 33.2. The number of halogens is 1. The van der Waals surface area contributed by atoms with Gasteiger partial charge in [0.05, 0.1) is 40.9 Å². The number of hydrazone groups is 1. The largest absolute Gasteiger partial charge is 0.493 e. The number of allylic oxidation sites excluding steroid dienone is 1. The van der Waals surface area contributed by atoms with Crippen molar-refractivity contribution in [2.45, 2.75) is 26.5 Å². The van der Waals surface area contributed by atoms with E-state index < -0.39 is 22.8 Å². The van der Waals surface area contributed by atoms with E-state index >= 15 is 0 Å². The van der Waals surface area contributed by atoms with Gasteiger partial charge in [-0.15, -0.1) is 0 Å². The first kappa shape index (κ1) is 33.9. The summed E-state index contributed by atoms with van der Waals surface area (Å²) in [6.07, 6.45) is 1.43. The summed E-state index contributed by atoms with van der Waals surface area (Å²) in [5.41, 5.74) is 5.26. The normalized spacial score (nSPS) is 14.3. The van der Waals surface area contributed by atoms with Gasteiger partial charge in [0.1, 0.15) is 12.4 Å². The van der Waals surface area contributed by atoms with E-state index in [4.69, 9.17) is 31.2 Å². The SMILES string of the molecule is CCOC(=O)C1=C(C)NC(=S)N[C@@H]1c1ccccc1OCC(=O)NN=Cc1cc(Br)c(OCc2ccc([N+](=O)[O-])cc2)c(OC)c1. The third-order valence-corrected chi connectivity index (χ3v) is 7.35. The molecule has 15 heteroatoms. The number of carbonyl (C=O) groups excluding carboxylic acids is 2. The zero-order valence-corrected chi connectivity index (χ0v) is 27.4. The number of non-ortho nitro benzene ring substituents is 1. The molecule has 0 bridgehead atoms. The minimum atomic E-state index is -0.653. The molecule has 1 aliphatic rings. The van der Waals surface area contributed by atoms with Crippen LogP contribution in [0.3, 0.4) is 0 Å². The summed E-state index contributed by atoms with van der Waals surface area (Å²) in [7, 11) is 1.48. The van der Waals surface area contributed by atoms with Crippen molar-refractivity contribution in [2.75, 3.05) is 20.3 Å². The number of hydrogen-bond donors (Lipinski definition) is 3. The molecule has 0 aromatic heterocycles. The van der Waals surface area contributed by atoms with Gasteiger partial charge in [-0.05, 0) is 83.5 Å². The first-order valence-electron chi connectivity index (χ1n) is 13.8. The number of ether oxygens (including phenoxy) is 4. The van der Waals surface area contributed by atoms with E-state index in [0.717, 1.165) is 5.56 Å². The molecule has 0 spiro atoms. The van der Waals surface area contributed by atoms with Crippen molar-refractivity contribution in [3.05, 3.63) is 103 Å². The number of rotatable bonds is 13. The average Bonchev–Trinajstić information content (AvgIpc) is 3.03. The molecular weight excluding hydrogens is 682 g/mol. The van der Waals surface area contributed by atoms with Crippen LogP contribution in [0.15, 0.2) is 81.5 Å². The summed E-state index contributed by atoms with van der Waals surface area (Å²) in [6, 6.07) is 15.8. The summed E-state index contributed by atoms with van der Waals surface area (Å²) in [4.78, 5) is 35.8. The van der Waals surface area contributed by atoms with Crippen LogP contribution in [0, 0.1) is 10.1 Å². The Bertz CT molecular complexity index is 1700. The Balaban J connectivity index is 1.38. The average molecular weight is 713 g/mol. The Hall–Kier alpha value is -5.02. The highest BCUT2D eigenvalue weighted by atomic mass is 79.9. The van der Waals surface area contributed by atoms with Gasteiger partial charge in [0.15, 0.2) is 23.2 Å². The van der Waals surface area contributed by atoms with Gasteiger partial charge in [0.2, 0.25) is 0 Å². The molecular formula is C31H30BrN5O8S. The molecule has 3 N–H and O–H groups in total. The van der Waals surface area contributed by atoms with Gasteiger partial charge < -0.3 is 29.6 Å². The lowest BCUT2D eigenvalue weighted by Crippen LogP contribution is -2.45. The number of esters is 1. The van der Waals surface area contributed by atoms with E-state index in [1.807, 2.05) is 0 Å². The molecule has 1 aliphatic heterocycles. The molecule has 0 aliphatic carbocycles. The molecule has 3 aromatic carbocycles. The highest BCUT2D eigenvalue weighted by Crippen LogP contribution is 2.37. The summed E-state index contributed by atoms with van der Waals surface area (Å²) >= 11 is 8.78. The number of para-hydroxylation sites is 1. The molecule has 240 valence electrons. The highest BCUT2D eigenvalue weighted by Gasteiger charge is 2.32. The molecule has 13 nitrogen and oxygen atoms in total. The summed E-state index contributed by atoms with van der Waals surface area (Å²) in [6.45, 7) is 3.46. The maximum Gasteiger partial charge on any atom is 0.338 e. The molecule has 3 aromatic rings. The second-order valence-corrected chi connectivity index (χ2v) is 10.9. The van der Waals surface area contributed by atoms with Crippen LogP contribution in [0.25, 0.3) is 0 Å². The molecule has 46 heavy (non-hydrogen) atoms. The minimum Gasteiger partial charge on any atom is -0.493 e. The summed E-state index contributed by atoms with van der Waals surface area (Å²) in [5.74, 6) is 0.181. The Kier molecular flexibility index (Phi) is 11.6. The van der Waals surface area contributed by atoms with Gasteiger partial charge in [-0.1, -0.05) is 18.2 Å². The van der Waals surface area contributed by atoms with Crippen LogP contribution in [-0.4, -0.2) is 48.5 Å². The molecule has 0 unspecified atom stereocenters. The van der Waals surface area contributed by atoms with Crippen LogP contribution in [0.2, 0.25) is 0 Å². The van der Waals surface area contributed by atoms with Gasteiger partial charge in [-0.25, -0.2) is 10.2 Å². The van der Waals surface area contributed by atoms with Crippen LogP contribution < -0.4 is 30.3 Å². The van der Waals surface area contributed by atoms with Crippen molar-refractivity contribution < 1.29 is 33.5 Å². The third kappa shape index (κ3) is 8.57. The fourth-order valence-electron chi connectivity index (χ4n) is 4.44. The topological polar surface area (TPSA) is 163 Å². The van der Waals surface area contributed by atoms with E-state index in [1.165, 1.54) is 25.5 Å². The fourth-order valence-corrected chi connectivity index (χ4v) is 5.28. The van der Waals surface area contributed by atoms with Gasteiger partial charge in [-0.3, -0.25) is 14.9 Å². The second kappa shape index (κ2) is 15.8. The molecule has 0 radical (unpaired) electrons. The van der Waals surface area contributed by atoms with E-state index in [2.05, 4.69) is 37.1 Å². The van der Waals surface area contributed by atoms with Crippen molar-refractivity contribution in [3.63, 3.8) is 0 Å². The monoisotopic (exact) mass is 711 g/mol. The van der Waals surface area contributed by atoms with Gasteiger partial charge in [0, 0.05) is 23.4 Å². The molecule has 1 amide bonds. The Morgan fingerprint density at radius 3 is 2.57 bits per heavy atom. The Morgan fingerprint density at radius 1 is 1.13 bits per heavy atom. The number of nitrogens with one attached hydrogen (secondary N) is 3. The van der Waals surface area contributed by atoms with Gasteiger partial charge >= 0.3 is 5.97 Å². The fraction of sp³-hybridized carbons (Fsp3) is 0.226. The molecule has 0 saturated heterocycles. The number of nitro groups is 1. The number of thiocarbonyl (C=S) groups is 1. The summed E-state index contributed by atoms with van der Waals surface area (Å²) < 4.78 is 23.0. The van der Waals surface area contributed by atoms with E-state index in [0.29, 0.717) is 49.2 Å². The quantitative estimate of drug-likeness (QED) is 0.0732. The van der Waals surface area contributed by atoms with Crippen LogP contribution in [0.5, 0.6) is 17.2 Å². The zero-order valence-electron chi connectivity index (χ0n) is 25.0. The van der Waals surface area contributed by atoms with E-state index in [1.54, 1.807) is 62.4 Å². The third-order valence-electron chi connectivity index (χ3n) is 6.54. The Labute approximate surface area is 278 Å². The summed E-state index contributed by atoms with van der Waals surface area (Å²) in [5, 5.41) is 21.3. The number of benzene rings is 3. The number of nitrogens with zero attached hydrogens (tertiary/aromatic N) is 2. The van der Waals surface area contributed by atoms with Crippen LogP contribution in [0.4, 0.5) is 5.69 Å². The Morgan fingerprint density at radius 2 is 1.87 bits per heavy atom. The highest BCUT2D eigenvalue weighted by molar-refractivity contribution is 9.10. The predicted molar refractivity (Wildman–Crippen MR) is 177 cm³/mol. The van der Waals surface area contributed by atoms with Gasteiger partial charge in [-0.2, -0.15) is 5.10 Å². The van der Waals surface area contributed by atoms with Crippen molar-refractivity contribution in [1.82, 2.24) is 16.1 Å². The van der Waals surface area contributed by atoms with E-state index in [9.17, 15) is 19.7 Å². The molecule has 1 atom stereocenters. The lowest BCUT2D eigenvalue weighted by molar-refractivity contribution is -0.384. The predicted octanol–water partition coefficient (Wildman–Crippen LogP) is 4.83. The lowest BCUT2D eigenvalue weighted by Gasteiger charge is -2.30. The van der Waals surface area contributed by atoms with Crippen molar-refractivity contribution in [2.24, 2.45) is 5.10 Å². The first-order chi connectivity index (χ1) is 22.1.